The Hall–Kier alpha value is -1.31. The predicted octanol–water partition coefficient (Wildman–Crippen LogP) is 2.74. The van der Waals surface area contributed by atoms with Gasteiger partial charge in [-0.25, -0.2) is 0 Å². The monoisotopic (exact) mass is 446 g/mol. The molecule has 3 N–H and O–H groups in total. The molecule has 0 aliphatic carbocycles. The maximum Gasteiger partial charge on any atom is 0.222 e. The lowest BCUT2D eigenvalue weighted by molar-refractivity contribution is -0.123. The van der Waals surface area contributed by atoms with Gasteiger partial charge in [0.1, 0.15) is 0 Å². The molecule has 0 heterocycles. The molecule has 0 aliphatic rings. The Kier molecular flexibility index (Phi) is 12.3. The van der Waals surface area contributed by atoms with Crippen LogP contribution in [-0.4, -0.2) is 38.0 Å². The minimum absolute atomic E-state index is 0. The average Bonchev–Trinajstić information content (AvgIpc) is 2.56. The van der Waals surface area contributed by atoms with Gasteiger partial charge in [-0.1, -0.05) is 51.1 Å². The second-order valence-corrected chi connectivity index (χ2v) is 5.90. The normalized spacial score (nSPS) is 12.3. The van der Waals surface area contributed by atoms with E-state index < -0.39 is 0 Å². The van der Waals surface area contributed by atoms with Crippen molar-refractivity contribution in [2.45, 2.75) is 33.6 Å². The number of amides is 1. The lowest BCUT2D eigenvalue weighted by Gasteiger charge is -2.14. The van der Waals surface area contributed by atoms with Gasteiger partial charge < -0.3 is 16.0 Å². The van der Waals surface area contributed by atoms with Crippen LogP contribution in [0.2, 0.25) is 0 Å². The summed E-state index contributed by atoms with van der Waals surface area (Å²) in [6.45, 7) is 10.8. The van der Waals surface area contributed by atoms with Crippen molar-refractivity contribution >= 4 is 35.8 Å². The fourth-order valence-corrected chi connectivity index (χ4v) is 2.03. The van der Waals surface area contributed by atoms with E-state index in [2.05, 4.69) is 52.1 Å². The Balaban J connectivity index is 0.00000529. The quantitative estimate of drug-likeness (QED) is 0.249. The number of hydrogen-bond donors (Lipinski definition) is 3. The zero-order valence-corrected chi connectivity index (χ0v) is 17.5. The molecule has 24 heavy (non-hydrogen) atoms. The maximum atomic E-state index is 11.5. The molecule has 0 aromatic heterocycles. The third-order valence-corrected chi connectivity index (χ3v) is 3.48. The number of carbonyl (C=O) groups is 1. The van der Waals surface area contributed by atoms with Crippen LogP contribution >= 0.6 is 24.0 Å². The zero-order chi connectivity index (χ0) is 17.1. The number of benzene rings is 1. The standard InChI is InChI=1S/C18H30N4O.HI/c1-5-19-18(21-12-11-20-17(23)14(2)3)22-13-15(4)16-9-7-6-8-10-16;/h6-10,14-15H,5,11-13H2,1-4H3,(H,20,23)(H2,19,21,22);1H. The third kappa shape index (κ3) is 9.10. The van der Waals surface area contributed by atoms with Gasteiger partial charge in [0.15, 0.2) is 5.96 Å². The molecule has 0 aliphatic heterocycles. The van der Waals surface area contributed by atoms with E-state index in [1.807, 2.05) is 26.8 Å². The largest absolute Gasteiger partial charge is 0.357 e. The van der Waals surface area contributed by atoms with E-state index in [0.717, 1.165) is 19.0 Å². The van der Waals surface area contributed by atoms with E-state index in [1.165, 1.54) is 5.56 Å². The van der Waals surface area contributed by atoms with Crippen molar-refractivity contribution in [3.63, 3.8) is 0 Å². The Morgan fingerprint density at radius 2 is 1.67 bits per heavy atom. The average molecular weight is 446 g/mol. The molecule has 6 heteroatoms. The van der Waals surface area contributed by atoms with Gasteiger partial charge in [0.2, 0.25) is 5.91 Å². The van der Waals surface area contributed by atoms with Crippen molar-refractivity contribution in [1.29, 1.82) is 0 Å². The van der Waals surface area contributed by atoms with Crippen LogP contribution in [-0.2, 0) is 4.79 Å². The van der Waals surface area contributed by atoms with Crippen LogP contribution in [0.5, 0.6) is 0 Å². The predicted molar refractivity (Wildman–Crippen MR) is 112 cm³/mol. The molecule has 0 fully saturated rings. The lowest BCUT2D eigenvalue weighted by Crippen LogP contribution is -2.42. The van der Waals surface area contributed by atoms with Crippen molar-refractivity contribution in [3.05, 3.63) is 35.9 Å². The Labute approximate surface area is 163 Å². The fourth-order valence-electron chi connectivity index (χ4n) is 2.03. The number of rotatable bonds is 8. The summed E-state index contributed by atoms with van der Waals surface area (Å²) >= 11 is 0. The van der Waals surface area contributed by atoms with Crippen LogP contribution in [0.4, 0.5) is 0 Å². The smallest absolute Gasteiger partial charge is 0.222 e. The topological polar surface area (TPSA) is 65.5 Å². The highest BCUT2D eigenvalue weighted by Gasteiger charge is 2.06. The van der Waals surface area contributed by atoms with Gasteiger partial charge in [0, 0.05) is 38.0 Å². The van der Waals surface area contributed by atoms with Gasteiger partial charge in [0.05, 0.1) is 0 Å². The first kappa shape index (κ1) is 22.7. The minimum atomic E-state index is 0. The molecule has 0 saturated carbocycles. The van der Waals surface area contributed by atoms with Crippen LogP contribution in [0, 0.1) is 5.92 Å². The van der Waals surface area contributed by atoms with Crippen LogP contribution < -0.4 is 16.0 Å². The van der Waals surface area contributed by atoms with Gasteiger partial charge in [-0.3, -0.25) is 9.79 Å². The summed E-state index contributed by atoms with van der Waals surface area (Å²) in [5.74, 6) is 1.25. The molecular weight excluding hydrogens is 415 g/mol. The highest BCUT2D eigenvalue weighted by atomic mass is 127. The second-order valence-electron chi connectivity index (χ2n) is 5.90. The first-order chi connectivity index (χ1) is 11.0. The first-order valence-corrected chi connectivity index (χ1v) is 8.39. The molecule has 1 aromatic rings. The van der Waals surface area contributed by atoms with Gasteiger partial charge in [-0.2, -0.15) is 0 Å². The van der Waals surface area contributed by atoms with Gasteiger partial charge in [-0.05, 0) is 12.5 Å². The minimum Gasteiger partial charge on any atom is -0.357 e. The van der Waals surface area contributed by atoms with Crippen molar-refractivity contribution in [1.82, 2.24) is 16.0 Å². The number of nitrogens with zero attached hydrogens (tertiary/aromatic N) is 1. The summed E-state index contributed by atoms with van der Waals surface area (Å²) in [5.41, 5.74) is 1.29. The SMILES string of the molecule is CCNC(=NCC(C)c1ccccc1)NCCNC(=O)C(C)C.I. The molecule has 1 atom stereocenters. The summed E-state index contributed by atoms with van der Waals surface area (Å²) in [7, 11) is 0. The molecule has 0 radical (unpaired) electrons. The number of aliphatic imine (C=N–C) groups is 1. The van der Waals surface area contributed by atoms with Crippen LogP contribution in [0.25, 0.3) is 0 Å². The van der Waals surface area contributed by atoms with E-state index >= 15 is 0 Å². The van der Waals surface area contributed by atoms with E-state index in [4.69, 9.17) is 0 Å². The van der Waals surface area contributed by atoms with Crippen LogP contribution in [0.1, 0.15) is 39.2 Å². The zero-order valence-electron chi connectivity index (χ0n) is 15.1. The lowest BCUT2D eigenvalue weighted by atomic mass is 10.0. The molecule has 1 aromatic carbocycles. The summed E-state index contributed by atoms with van der Waals surface area (Å²) in [6, 6.07) is 10.4. The van der Waals surface area contributed by atoms with Crippen LogP contribution in [0.3, 0.4) is 0 Å². The van der Waals surface area contributed by atoms with E-state index in [0.29, 0.717) is 19.0 Å². The number of carbonyl (C=O) groups excluding carboxylic acids is 1. The van der Waals surface area contributed by atoms with Crippen molar-refractivity contribution in [2.24, 2.45) is 10.9 Å². The second kappa shape index (κ2) is 13.0. The van der Waals surface area contributed by atoms with Crippen molar-refractivity contribution in [2.75, 3.05) is 26.2 Å². The highest BCUT2D eigenvalue weighted by molar-refractivity contribution is 14.0. The van der Waals surface area contributed by atoms with Crippen molar-refractivity contribution < 1.29 is 4.79 Å². The summed E-state index contributed by atoms with van der Waals surface area (Å²) < 4.78 is 0. The first-order valence-electron chi connectivity index (χ1n) is 8.39. The molecule has 0 bridgehead atoms. The van der Waals surface area contributed by atoms with E-state index in [-0.39, 0.29) is 35.8 Å². The third-order valence-electron chi connectivity index (χ3n) is 3.48. The highest BCUT2D eigenvalue weighted by Crippen LogP contribution is 2.14. The summed E-state index contributed by atoms with van der Waals surface area (Å²) in [6.07, 6.45) is 0. The van der Waals surface area contributed by atoms with Crippen molar-refractivity contribution in [3.8, 4) is 0 Å². The molecule has 1 unspecified atom stereocenters. The van der Waals surface area contributed by atoms with Gasteiger partial charge in [-0.15, -0.1) is 24.0 Å². The molecule has 5 nitrogen and oxygen atoms in total. The van der Waals surface area contributed by atoms with E-state index in [1.54, 1.807) is 0 Å². The molecule has 136 valence electrons. The fraction of sp³-hybridized carbons (Fsp3) is 0.556. The number of hydrogen-bond acceptors (Lipinski definition) is 2. The molecule has 0 spiro atoms. The maximum absolute atomic E-state index is 11.5. The van der Waals surface area contributed by atoms with Gasteiger partial charge >= 0.3 is 0 Å². The Bertz CT molecular complexity index is 491. The Morgan fingerprint density at radius 3 is 2.25 bits per heavy atom. The Morgan fingerprint density at radius 1 is 1.04 bits per heavy atom. The number of halogens is 1. The van der Waals surface area contributed by atoms with E-state index in [9.17, 15) is 4.79 Å². The molecule has 1 amide bonds. The number of guanidine groups is 1. The number of nitrogens with one attached hydrogen (secondary N) is 3. The molecule has 1 rings (SSSR count). The summed E-state index contributed by atoms with van der Waals surface area (Å²) in [5, 5.41) is 9.36. The summed E-state index contributed by atoms with van der Waals surface area (Å²) in [4.78, 5) is 16.1. The molecular formula is C18H31IN4O. The van der Waals surface area contributed by atoms with Crippen LogP contribution in [0.15, 0.2) is 35.3 Å². The van der Waals surface area contributed by atoms with Gasteiger partial charge in [0.25, 0.3) is 0 Å². The molecule has 0 saturated heterocycles.